The molecule has 0 unspecified atom stereocenters. The number of halogens is 3. The molecular formula is C10H9F3O2. The maximum atomic E-state index is 12.0. The first-order valence-corrected chi connectivity index (χ1v) is 4.17. The Morgan fingerprint density at radius 1 is 1.33 bits per heavy atom. The zero-order valence-corrected chi connectivity index (χ0v) is 7.97. The number of hydrogen-bond donors (Lipinski definition) is 0. The summed E-state index contributed by atoms with van der Waals surface area (Å²) >= 11 is 0. The Balaban J connectivity index is 2.85. The molecule has 82 valence electrons. The summed E-state index contributed by atoms with van der Waals surface area (Å²) in [6, 6.07) is 6.13. The summed E-state index contributed by atoms with van der Waals surface area (Å²) in [6.07, 6.45) is -5.48. The van der Waals surface area contributed by atoms with Gasteiger partial charge in [0.15, 0.2) is 0 Å². The van der Waals surface area contributed by atoms with Crippen molar-refractivity contribution in [2.45, 2.75) is 12.6 Å². The SMILES string of the molecule is COc1ccccc1CC(=O)C(F)(F)F. The van der Waals surface area contributed by atoms with Gasteiger partial charge in [-0.2, -0.15) is 13.2 Å². The lowest BCUT2D eigenvalue weighted by Crippen LogP contribution is -2.24. The van der Waals surface area contributed by atoms with Crippen molar-refractivity contribution in [3.05, 3.63) is 29.8 Å². The molecule has 1 aromatic rings. The van der Waals surface area contributed by atoms with E-state index in [4.69, 9.17) is 4.74 Å². The lowest BCUT2D eigenvalue weighted by molar-refractivity contribution is -0.170. The van der Waals surface area contributed by atoms with Crippen molar-refractivity contribution >= 4 is 5.78 Å². The third-order valence-corrected chi connectivity index (χ3v) is 1.86. The molecule has 2 nitrogen and oxygen atoms in total. The van der Waals surface area contributed by atoms with Crippen LogP contribution in [0.25, 0.3) is 0 Å². The molecule has 0 aliphatic carbocycles. The van der Waals surface area contributed by atoms with Gasteiger partial charge in [0.1, 0.15) is 5.75 Å². The Kier molecular flexibility index (Phi) is 3.34. The summed E-state index contributed by atoms with van der Waals surface area (Å²) in [5, 5.41) is 0. The first kappa shape index (κ1) is 11.6. The molecule has 0 saturated carbocycles. The number of para-hydroxylation sites is 1. The number of benzene rings is 1. The average molecular weight is 218 g/mol. The second kappa shape index (κ2) is 4.33. The predicted molar refractivity (Wildman–Crippen MR) is 47.8 cm³/mol. The van der Waals surface area contributed by atoms with E-state index >= 15 is 0 Å². The van der Waals surface area contributed by atoms with E-state index in [1.165, 1.54) is 19.2 Å². The molecule has 0 saturated heterocycles. The van der Waals surface area contributed by atoms with Crippen LogP contribution in [-0.4, -0.2) is 19.1 Å². The molecule has 0 aliphatic rings. The molecule has 15 heavy (non-hydrogen) atoms. The van der Waals surface area contributed by atoms with Crippen LogP contribution >= 0.6 is 0 Å². The summed E-state index contributed by atoms with van der Waals surface area (Å²) in [5.41, 5.74) is 0.238. The van der Waals surface area contributed by atoms with E-state index in [2.05, 4.69) is 0 Å². The molecule has 0 heterocycles. The number of carbonyl (C=O) groups excluding carboxylic acids is 1. The standard InChI is InChI=1S/C10H9F3O2/c1-15-8-5-3-2-4-7(8)6-9(14)10(11,12)13/h2-5H,6H2,1H3. The number of rotatable bonds is 3. The minimum Gasteiger partial charge on any atom is -0.496 e. The topological polar surface area (TPSA) is 26.3 Å². The number of ketones is 1. The highest BCUT2D eigenvalue weighted by molar-refractivity contribution is 5.86. The molecular weight excluding hydrogens is 209 g/mol. The van der Waals surface area contributed by atoms with Gasteiger partial charge in [-0.25, -0.2) is 0 Å². The van der Waals surface area contributed by atoms with Crippen LogP contribution in [0.5, 0.6) is 5.75 Å². The largest absolute Gasteiger partial charge is 0.496 e. The third kappa shape index (κ3) is 2.97. The Morgan fingerprint density at radius 2 is 1.93 bits per heavy atom. The fourth-order valence-electron chi connectivity index (χ4n) is 1.12. The fourth-order valence-corrected chi connectivity index (χ4v) is 1.12. The maximum Gasteiger partial charge on any atom is 0.450 e. The first-order valence-electron chi connectivity index (χ1n) is 4.17. The molecule has 0 atom stereocenters. The molecule has 0 aliphatic heterocycles. The molecule has 1 aromatic carbocycles. The summed E-state index contributed by atoms with van der Waals surface area (Å²) in [7, 11) is 1.34. The predicted octanol–water partition coefficient (Wildman–Crippen LogP) is 2.37. The van der Waals surface area contributed by atoms with Crippen LogP contribution in [0.15, 0.2) is 24.3 Å². The quantitative estimate of drug-likeness (QED) is 0.778. The minimum atomic E-state index is -4.79. The molecule has 1 rings (SSSR count). The molecule has 0 bridgehead atoms. The lowest BCUT2D eigenvalue weighted by atomic mass is 10.1. The van der Waals surface area contributed by atoms with Crippen LogP contribution in [0.2, 0.25) is 0 Å². The third-order valence-electron chi connectivity index (χ3n) is 1.86. The van der Waals surface area contributed by atoms with E-state index in [-0.39, 0.29) is 11.3 Å². The van der Waals surface area contributed by atoms with Gasteiger partial charge in [0, 0.05) is 12.0 Å². The van der Waals surface area contributed by atoms with E-state index in [1.54, 1.807) is 12.1 Å². The van der Waals surface area contributed by atoms with E-state index in [9.17, 15) is 18.0 Å². The normalized spacial score (nSPS) is 11.2. The number of Topliss-reactive ketones (excluding diaryl/α,β-unsaturated/α-hetero) is 1. The van der Waals surface area contributed by atoms with Gasteiger partial charge in [-0.05, 0) is 6.07 Å². The molecule has 0 spiro atoms. The highest BCUT2D eigenvalue weighted by atomic mass is 19.4. The van der Waals surface area contributed by atoms with Crippen LogP contribution in [-0.2, 0) is 11.2 Å². The number of methoxy groups -OCH3 is 1. The Labute approximate surface area is 84.7 Å². The van der Waals surface area contributed by atoms with E-state index < -0.39 is 18.4 Å². The maximum absolute atomic E-state index is 12.0. The molecule has 0 fully saturated rings. The van der Waals surface area contributed by atoms with Crippen LogP contribution in [0, 0.1) is 0 Å². The summed E-state index contributed by atoms with van der Waals surface area (Å²) in [4.78, 5) is 10.7. The van der Waals surface area contributed by atoms with Crippen molar-refractivity contribution < 1.29 is 22.7 Å². The molecule has 0 amide bonds. The second-order valence-corrected chi connectivity index (χ2v) is 2.91. The van der Waals surface area contributed by atoms with Gasteiger partial charge < -0.3 is 4.74 Å². The number of alkyl halides is 3. The van der Waals surface area contributed by atoms with Crippen molar-refractivity contribution in [3.8, 4) is 5.75 Å². The van der Waals surface area contributed by atoms with Crippen molar-refractivity contribution in [2.24, 2.45) is 0 Å². The summed E-state index contributed by atoms with van der Waals surface area (Å²) in [6.45, 7) is 0. The second-order valence-electron chi connectivity index (χ2n) is 2.91. The molecule has 0 N–H and O–H groups in total. The average Bonchev–Trinajstić information content (AvgIpc) is 2.17. The van der Waals surface area contributed by atoms with Gasteiger partial charge in [-0.3, -0.25) is 4.79 Å². The fraction of sp³-hybridized carbons (Fsp3) is 0.300. The van der Waals surface area contributed by atoms with Gasteiger partial charge in [-0.1, -0.05) is 18.2 Å². The number of carbonyl (C=O) groups is 1. The lowest BCUT2D eigenvalue weighted by Gasteiger charge is -2.08. The van der Waals surface area contributed by atoms with E-state index in [1.807, 2.05) is 0 Å². The number of hydrogen-bond acceptors (Lipinski definition) is 2. The minimum absolute atomic E-state index is 0.238. The Hall–Kier alpha value is -1.52. The summed E-state index contributed by atoms with van der Waals surface area (Å²) < 4.78 is 40.8. The monoisotopic (exact) mass is 218 g/mol. The highest BCUT2D eigenvalue weighted by Crippen LogP contribution is 2.23. The van der Waals surface area contributed by atoms with E-state index in [0.29, 0.717) is 0 Å². The van der Waals surface area contributed by atoms with Gasteiger partial charge in [0.2, 0.25) is 5.78 Å². The van der Waals surface area contributed by atoms with Crippen molar-refractivity contribution in [1.82, 2.24) is 0 Å². The molecule has 0 radical (unpaired) electrons. The van der Waals surface area contributed by atoms with Crippen molar-refractivity contribution in [3.63, 3.8) is 0 Å². The highest BCUT2D eigenvalue weighted by Gasteiger charge is 2.38. The van der Waals surface area contributed by atoms with E-state index in [0.717, 1.165) is 0 Å². The van der Waals surface area contributed by atoms with Crippen molar-refractivity contribution in [2.75, 3.05) is 7.11 Å². The van der Waals surface area contributed by atoms with Crippen molar-refractivity contribution in [1.29, 1.82) is 0 Å². The van der Waals surface area contributed by atoms with Crippen LogP contribution in [0.4, 0.5) is 13.2 Å². The zero-order chi connectivity index (χ0) is 11.5. The van der Waals surface area contributed by atoms with Crippen LogP contribution in [0.1, 0.15) is 5.56 Å². The van der Waals surface area contributed by atoms with Gasteiger partial charge in [0.05, 0.1) is 7.11 Å². The Morgan fingerprint density at radius 3 is 2.47 bits per heavy atom. The van der Waals surface area contributed by atoms with Gasteiger partial charge in [0.25, 0.3) is 0 Å². The van der Waals surface area contributed by atoms with Crippen LogP contribution < -0.4 is 4.74 Å². The smallest absolute Gasteiger partial charge is 0.450 e. The molecule has 0 aromatic heterocycles. The van der Waals surface area contributed by atoms with Gasteiger partial charge in [-0.15, -0.1) is 0 Å². The Bertz CT molecular complexity index is 358. The summed E-state index contributed by atoms with van der Waals surface area (Å²) in [5.74, 6) is -1.48. The molecule has 5 heteroatoms. The van der Waals surface area contributed by atoms with Gasteiger partial charge >= 0.3 is 6.18 Å². The number of ether oxygens (including phenoxy) is 1. The van der Waals surface area contributed by atoms with Crippen LogP contribution in [0.3, 0.4) is 0 Å². The first-order chi connectivity index (χ1) is 6.95. The zero-order valence-electron chi connectivity index (χ0n) is 7.97.